The molecule has 1 N–H and O–H groups in total. The number of amides is 2. The second-order valence-corrected chi connectivity index (χ2v) is 10.1. The summed E-state index contributed by atoms with van der Waals surface area (Å²) in [5.41, 5.74) is 2.90. The van der Waals surface area contributed by atoms with Gasteiger partial charge >= 0.3 is 0 Å². The Hall–Kier alpha value is -3.31. The lowest BCUT2D eigenvalue weighted by Gasteiger charge is -2.32. The van der Waals surface area contributed by atoms with Gasteiger partial charge in [-0.15, -0.1) is 0 Å². The van der Waals surface area contributed by atoms with E-state index in [0.717, 1.165) is 23.1 Å². The number of nitrogens with one attached hydrogen (secondary N) is 1. The number of nitrogens with zero attached hydrogens (tertiary/aromatic N) is 1. The topological polar surface area (TPSA) is 58.6 Å². The molecule has 3 rings (SSSR count). The van der Waals surface area contributed by atoms with Gasteiger partial charge in [0.05, 0.1) is 0 Å². The zero-order chi connectivity index (χ0) is 26.8. The minimum Gasteiger partial charge on any atom is -0.483 e. The van der Waals surface area contributed by atoms with E-state index >= 15 is 0 Å². The van der Waals surface area contributed by atoms with Gasteiger partial charge < -0.3 is 15.0 Å². The first-order chi connectivity index (χ1) is 17.8. The third-order valence-corrected chi connectivity index (χ3v) is 6.68. The second-order valence-electron chi connectivity index (χ2n) is 9.65. The van der Waals surface area contributed by atoms with Crippen LogP contribution in [0.15, 0.2) is 78.9 Å². The summed E-state index contributed by atoms with van der Waals surface area (Å²) in [5.74, 6) is 0.501. The molecule has 0 bridgehead atoms. The van der Waals surface area contributed by atoms with Crippen molar-refractivity contribution in [3.63, 3.8) is 0 Å². The smallest absolute Gasteiger partial charge is 0.261 e. The molecule has 3 aromatic carbocycles. The number of benzene rings is 3. The van der Waals surface area contributed by atoms with E-state index in [1.165, 1.54) is 0 Å². The van der Waals surface area contributed by atoms with E-state index in [1.807, 2.05) is 80.6 Å². The highest BCUT2D eigenvalue weighted by Crippen LogP contribution is 2.26. The molecule has 0 radical (unpaired) electrons. The largest absolute Gasteiger partial charge is 0.483 e. The molecule has 37 heavy (non-hydrogen) atoms. The number of hydrogen-bond donors (Lipinski definition) is 1. The number of ether oxygens (including phenoxy) is 1. The van der Waals surface area contributed by atoms with Crippen LogP contribution in [0.2, 0.25) is 5.02 Å². The summed E-state index contributed by atoms with van der Waals surface area (Å²) in [6, 6.07) is 24.1. The average Bonchev–Trinajstić information content (AvgIpc) is 2.90. The quantitative estimate of drug-likeness (QED) is 0.301. The van der Waals surface area contributed by atoms with Crippen LogP contribution in [0.5, 0.6) is 5.75 Å². The standard InChI is InChI=1S/C31H37ClN2O3/c1-5-23(4)33-31(36)28(19-24-11-7-6-8-12-24)34(20-25-15-17-26(32)18-16-25)30(35)21-37-29-14-10-9-13-27(29)22(2)3/h6-18,22-23,28H,5,19-21H2,1-4H3,(H,33,36). The van der Waals surface area contributed by atoms with Crippen molar-refractivity contribution in [1.82, 2.24) is 10.2 Å². The van der Waals surface area contributed by atoms with Gasteiger partial charge in [0.1, 0.15) is 11.8 Å². The van der Waals surface area contributed by atoms with Gasteiger partial charge in [0, 0.05) is 24.0 Å². The molecule has 2 atom stereocenters. The first-order valence-corrected chi connectivity index (χ1v) is 13.3. The fourth-order valence-electron chi connectivity index (χ4n) is 4.09. The van der Waals surface area contributed by atoms with Gasteiger partial charge in [-0.2, -0.15) is 0 Å². The third-order valence-electron chi connectivity index (χ3n) is 6.43. The van der Waals surface area contributed by atoms with Gasteiger partial charge in [-0.3, -0.25) is 9.59 Å². The van der Waals surface area contributed by atoms with Crippen molar-refractivity contribution in [2.45, 2.75) is 65.1 Å². The molecular formula is C31H37ClN2O3. The van der Waals surface area contributed by atoms with Gasteiger partial charge in [0.2, 0.25) is 5.91 Å². The number of halogens is 1. The number of hydrogen-bond acceptors (Lipinski definition) is 3. The Morgan fingerprint density at radius 3 is 2.19 bits per heavy atom. The molecule has 0 aliphatic rings. The third kappa shape index (κ3) is 8.36. The first kappa shape index (κ1) is 28.3. The predicted molar refractivity (Wildman–Crippen MR) is 150 cm³/mol. The molecule has 0 saturated carbocycles. The van der Waals surface area contributed by atoms with Crippen LogP contribution in [0.25, 0.3) is 0 Å². The lowest BCUT2D eigenvalue weighted by Crippen LogP contribution is -2.53. The molecule has 0 fully saturated rings. The Balaban J connectivity index is 1.93. The highest BCUT2D eigenvalue weighted by Gasteiger charge is 2.31. The van der Waals surface area contributed by atoms with Crippen molar-refractivity contribution in [2.24, 2.45) is 0 Å². The number of carbonyl (C=O) groups is 2. The summed E-state index contributed by atoms with van der Waals surface area (Å²) in [6.07, 6.45) is 1.19. The highest BCUT2D eigenvalue weighted by molar-refractivity contribution is 6.30. The summed E-state index contributed by atoms with van der Waals surface area (Å²) < 4.78 is 6.04. The molecule has 2 amide bonds. The normalized spacial score (nSPS) is 12.6. The lowest BCUT2D eigenvalue weighted by molar-refractivity contribution is -0.143. The summed E-state index contributed by atoms with van der Waals surface area (Å²) in [6.45, 7) is 8.26. The predicted octanol–water partition coefficient (Wildman–Crippen LogP) is 6.40. The summed E-state index contributed by atoms with van der Waals surface area (Å²) >= 11 is 6.10. The molecule has 0 aliphatic carbocycles. The monoisotopic (exact) mass is 520 g/mol. The van der Waals surface area contributed by atoms with Crippen molar-refractivity contribution >= 4 is 23.4 Å². The van der Waals surface area contributed by atoms with E-state index in [2.05, 4.69) is 19.2 Å². The Bertz CT molecular complexity index is 1150. The van der Waals surface area contributed by atoms with Crippen LogP contribution in [0.3, 0.4) is 0 Å². The maximum Gasteiger partial charge on any atom is 0.261 e. The summed E-state index contributed by atoms with van der Waals surface area (Å²) in [5, 5.41) is 3.70. The van der Waals surface area contributed by atoms with Crippen LogP contribution in [0, 0.1) is 0 Å². The van der Waals surface area contributed by atoms with Gasteiger partial charge in [-0.1, -0.05) is 93.0 Å². The molecule has 0 aliphatic heterocycles. The van der Waals surface area contributed by atoms with Crippen LogP contribution in [-0.4, -0.2) is 35.4 Å². The molecule has 196 valence electrons. The van der Waals surface area contributed by atoms with Crippen LogP contribution < -0.4 is 10.1 Å². The van der Waals surface area contributed by atoms with Gasteiger partial charge in [-0.05, 0) is 54.2 Å². The lowest BCUT2D eigenvalue weighted by atomic mass is 10.0. The van der Waals surface area contributed by atoms with Gasteiger partial charge in [0.25, 0.3) is 5.91 Å². The van der Waals surface area contributed by atoms with Gasteiger partial charge in [0.15, 0.2) is 6.61 Å². The van der Waals surface area contributed by atoms with Gasteiger partial charge in [-0.25, -0.2) is 0 Å². The molecule has 5 nitrogen and oxygen atoms in total. The number of rotatable bonds is 12. The molecule has 0 saturated heterocycles. The van der Waals surface area contributed by atoms with Crippen molar-refractivity contribution in [2.75, 3.05) is 6.61 Å². The Morgan fingerprint density at radius 1 is 0.892 bits per heavy atom. The number of carbonyl (C=O) groups excluding carboxylic acids is 2. The molecule has 0 spiro atoms. The van der Waals surface area contributed by atoms with E-state index in [-0.39, 0.29) is 36.9 Å². The molecular weight excluding hydrogens is 484 g/mol. The molecule has 0 aromatic heterocycles. The van der Waals surface area contributed by atoms with E-state index in [9.17, 15) is 9.59 Å². The van der Waals surface area contributed by atoms with Crippen LogP contribution >= 0.6 is 11.6 Å². The molecule has 2 unspecified atom stereocenters. The van der Waals surface area contributed by atoms with Crippen LogP contribution in [0.1, 0.15) is 56.7 Å². The Labute approximate surface area is 225 Å². The van der Waals surface area contributed by atoms with E-state index < -0.39 is 6.04 Å². The van der Waals surface area contributed by atoms with Crippen molar-refractivity contribution in [1.29, 1.82) is 0 Å². The Kier molecular flexibility index (Phi) is 10.6. The minimum atomic E-state index is -0.705. The van der Waals surface area contributed by atoms with E-state index in [4.69, 9.17) is 16.3 Å². The SMILES string of the molecule is CCC(C)NC(=O)C(Cc1ccccc1)N(Cc1ccc(Cl)cc1)C(=O)COc1ccccc1C(C)C. The molecule has 3 aromatic rings. The zero-order valence-corrected chi connectivity index (χ0v) is 22.9. The summed E-state index contributed by atoms with van der Waals surface area (Å²) in [7, 11) is 0. The molecule has 0 heterocycles. The second kappa shape index (κ2) is 13.8. The zero-order valence-electron chi connectivity index (χ0n) is 22.1. The van der Waals surface area contributed by atoms with E-state index in [1.54, 1.807) is 17.0 Å². The maximum atomic E-state index is 13.8. The van der Waals surface area contributed by atoms with Crippen molar-refractivity contribution in [3.05, 3.63) is 101 Å². The highest BCUT2D eigenvalue weighted by atomic mass is 35.5. The Morgan fingerprint density at radius 2 is 1.54 bits per heavy atom. The fourth-order valence-corrected chi connectivity index (χ4v) is 4.22. The van der Waals surface area contributed by atoms with E-state index in [0.29, 0.717) is 17.2 Å². The van der Waals surface area contributed by atoms with Crippen LogP contribution in [0.4, 0.5) is 0 Å². The number of para-hydroxylation sites is 1. The fraction of sp³-hybridized carbons (Fsp3) is 0.355. The van der Waals surface area contributed by atoms with Crippen molar-refractivity contribution < 1.29 is 14.3 Å². The van der Waals surface area contributed by atoms with Crippen molar-refractivity contribution in [3.8, 4) is 5.75 Å². The maximum absolute atomic E-state index is 13.8. The minimum absolute atomic E-state index is 0.00701. The van der Waals surface area contributed by atoms with Crippen LogP contribution in [-0.2, 0) is 22.6 Å². The first-order valence-electron chi connectivity index (χ1n) is 12.9. The summed E-state index contributed by atoms with van der Waals surface area (Å²) in [4.78, 5) is 28.9. The average molecular weight is 521 g/mol. The molecule has 6 heteroatoms.